The Morgan fingerprint density at radius 1 is 1.21 bits per heavy atom. The van der Waals surface area contributed by atoms with E-state index in [0.717, 1.165) is 0 Å². The molecule has 2 N–H and O–H groups in total. The van der Waals surface area contributed by atoms with Crippen LogP contribution in [-0.4, -0.2) is 43.9 Å². The predicted octanol–water partition coefficient (Wildman–Crippen LogP) is 1.61. The van der Waals surface area contributed by atoms with E-state index < -0.39 is 11.8 Å². The van der Waals surface area contributed by atoms with Crippen molar-refractivity contribution in [3.63, 3.8) is 0 Å². The number of hydrogen-bond donors (Lipinski definition) is 2. The van der Waals surface area contributed by atoms with Crippen molar-refractivity contribution < 1.29 is 9.59 Å². The van der Waals surface area contributed by atoms with Crippen molar-refractivity contribution in [3.05, 3.63) is 28.2 Å². The van der Waals surface area contributed by atoms with Gasteiger partial charge in [0.05, 0.1) is 15.7 Å². The summed E-state index contributed by atoms with van der Waals surface area (Å²) in [6, 6.07) is 4.80. The third kappa shape index (κ3) is 5.06. The van der Waals surface area contributed by atoms with Crippen LogP contribution in [-0.2, 0) is 9.59 Å². The van der Waals surface area contributed by atoms with E-state index in [-0.39, 0.29) is 5.02 Å². The molecule has 19 heavy (non-hydrogen) atoms. The van der Waals surface area contributed by atoms with Crippen molar-refractivity contribution in [2.75, 3.05) is 32.5 Å². The first kappa shape index (κ1) is 15.8. The lowest BCUT2D eigenvalue weighted by molar-refractivity contribution is -0.136. The molecule has 0 saturated heterocycles. The summed E-state index contributed by atoms with van der Waals surface area (Å²) in [5, 5.41) is 5.43. The second kappa shape index (κ2) is 7.33. The summed E-state index contributed by atoms with van der Waals surface area (Å²) < 4.78 is 0. The first-order chi connectivity index (χ1) is 8.91. The minimum atomic E-state index is -0.775. The Balaban J connectivity index is 2.55. The molecular formula is C12H15Cl2N3O2. The van der Waals surface area contributed by atoms with Crippen molar-refractivity contribution >= 4 is 40.7 Å². The third-order valence-electron chi connectivity index (χ3n) is 2.25. The van der Waals surface area contributed by atoms with Gasteiger partial charge < -0.3 is 15.5 Å². The monoisotopic (exact) mass is 303 g/mol. The SMILES string of the molecule is CN(C)CCNC(=O)C(=O)Nc1cccc(Cl)c1Cl. The number of hydrogen-bond acceptors (Lipinski definition) is 3. The van der Waals surface area contributed by atoms with Gasteiger partial charge in [0, 0.05) is 13.1 Å². The summed E-state index contributed by atoms with van der Waals surface area (Å²) in [6.07, 6.45) is 0. The Hall–Kier alpha value is -1.30. The summed E-state index contributed by atoms with van der Waals surface area (Å²) >= 11 is 11.7. The van der Waals surface area contributed by atoms with Crippen molar-refractivity contribution in [2.45, 2.75) is 0 Å². The number of halogens is 2. The van der Waals surface area contributed by atoms with Gasteiger partial charge in [-0.3, -0.25) is 9.59 Å². The molecule has 0 aliphatic rings. The molecule has 1 rings (SSSR count). The van der Waals surface area contributed by atoms with Crippen LogP contribution < -0.4 is 10.6 Å². The summed E-state index contributed by atoms with van der Waals surface area (Å²) in [4.78, 5) is 25.0. The minimum absolute atomic E-state index is 0.207. The minimum Gasteiger partial charge on any atom is -0.347 e. The van der Waals surface area contributed by atoms with Gasteiger partial charge in [0.15, 0.2) is 0 Å². The maximum absolute atomic E-state index is 11.6. The van der Waals surface area contributed by atoms with Gasteiger partial charge in [0.25, 0.3) is 0 Å². The molecule has 0 aromatic heterocycles. The fraction of sp³-hybridized carbons (Fsp3) is 0.333. The molecule has 0 bridgehead atoms. The van der Waals surface area contributed by atoms with Crippen LogP contribution in [0.5, 0.6) is 0 Å². The Labute approximate surface area is 121 Å². The first-order valence-electron chi connectivity index (χ1n) is 5.59. The maximum Gasteiger partial charge on any atom is 0.313 e. The molecule has 0 spiro atoms. The molecule has 0 saturated carbocycles. The van der Waals surface area contributed by atoms with Gasteiger partial charge in [-0.1, -0.05) is 29.3 Å². The number of likely N-dealkylation sites (N-methyl/N-ethyl adjacent to an activating group) is 1. The molecule has 1 aromatic carbocycles. The molecule has 7 heteroatoms. The van der Waals surface area contributed by atoms with E-state index in [4.69, 9.17) is 23.2 Å². The van der Waals surface area contributed by atoms with Crippen LogP contribution in [0.25, 0.3) is 0 Å². The molecule has 0 aliphatic heterocycles. The molecule has 0 radical (unpaired) electrons. The van der Waals surface area contributed by atoms with Crippen molar-refractivity contribution in [2.24, 2.45) is 0 Å². The van der Waals surface area contributed by atoms with Gasteiger partial charge in [-0.05, 0) is 26.2 Å². The number of benzene rings is 1. The van der Waals surface area contributed by atoms with Gasteiger partial charge in [0.2, 0.25) is 0 Å². The van der Waals surface area contributed by atoms with Crippen molar-refractivity contribution in [1.82, 2.24) is 10.2 Å². The summed E-state index contributed by atoms with van der Waals surface area (Å²) in [6.45, 7) is 1.04. The van der Waals surface area contributed by atoms with Crippen LogP contribution >= 0.6 is 23.2 Å². The van der Waals surface area contributed by atoms with Gasteiger partial charge in [0.1, 0.15) is 0 Å². The zero-order valence-corrected chi connectivity index (χ0v) is 12.2. The van der Waals surface area contributed by atoms with Crippen LogP contribution in [0.4, 0.5) is 5.69 Å². The summed E-state index contributed by atoms with van der Waals surface area (Å²) in [7, 11) is 3.75. The van der Waals surface area contributed by atoms with Crippen LogP contribution in [0.3, 0.4) is 0 Å². The predicted molar refractivity (Wildman–Crippen MR) is 76.7 cm³/mol. The molecule has 104 valence electrons. The van der Waals surface area contributed by atoms with E-state index in [1.807, 2.05) is 19.0 Å². The molecule has 0 atom stereocenters. The Kier molecular flexibility index (Phi) is 6.08. The molecule has 5 nitrogen and oxygen atoms in total. The fourth-order valence-corrected chi connectivity index (χ4v) is 1.60. The Morgan fingerprint density at radius 3 is 2.53 bits per heavy atom. The summed E-state index contributed by atoms with van der Waals surface area (Å²) in [5.74, 6) is -1.49. The van der Waals surface area contributed by atoms with Crippen LogP contribution in [0, 0.1) is 0 Å². The van der Waals surface area contributed by atoms with Crippen LogP contribution in [0.1, 0.15) is 0 Å². The molecular weight excluding hydrogens is 289 g/mol. The maximum atomic E-state index is 11.6. The Bertz CT molecular complexity index is 478. The number of anilines is 1. The standard InChI is InChI=1S/C12H15Cl2N3O2/c1-17(2)7-6-15-11(18)12(19)16-9-5-3-4-8(13)10(9)14/h3-5H,6-7H2,1-2H3,(H,15,18)(H,16,19). The highest BCUT2D eigenvalue weighted by molar-refractivity contribution is 6.45. The smallest absolute Gasteiger partial charge is 0.313 e. The van der Waals surface area contributed by atoms with Gasteiger partial charge >= 0.3 is 11.8 Å². The van der Waals surface area contributed by atoms with Crippen molar-refractivity contribution in [3.8, 4) is 0 Å². The van der Waals surface area contributed by atoms with Gasteiger partial charge in [-0.2, -0.15) is 0 Å². The number of carbonyl (C=O) groups excluding carboxylic acids is 2. The number of rotatable bonds is 4. The second-order valence-corrected chi connectivity index (χ2v) is 4.90. The van der Waals surface area contributed by atoms with Gasteiger partial charge in [-0.25, -0.2) is 0 Å². The molecule has 0 unspecified atom stereocenters. The zero-order chi connectivity index (χ0) is 14.4. The average molecular weight is 304 g/mol. The van der Waals surface area contributed by atoms with Crippen LogP contribution in [0.15, 0.2) is 18.2 Å². The summed E-state index contributed by atoms with van der Waals surface area (Å²) in [5.41, 5.74) is 0.307. The molecule has 2 amide bonds. The second-order valence-electron chi connectivity index (χ2n) is 4.11. The molecule has 0 fully saturated rings. The number of nitrogens with zero attached hydrogens (tertiary/aromatic N) is 1. The van der Waals surface area contributed by atoms with E-state index in [1.54, 1.807) is 18.2 Å². The van der Waals surface area contributed by atoms with E-state index >= 15 is 0 Å². The van der Waals surface area contributed by atoms with Crippen molar-refractivity contribution in [1.29, 1.82) is 0 Å². The normalized spacial score (nSPS) is 10.4. The number of amides is 2. The fourth-order valence-electron chi connectivity index (χ4n) is 1.25. The quantitative estimate of drug-likeness (QED) is 0.831. The first-order valence-corrected chi connectivity index (χ1v) is 6.35. The average Bonchev–Trinajstić information content (AvgIpc) is 2.34. The Morgan fingerprint density at radius 2 is 1.89 bits per heavy atom. The van der Waals surface area contributed by atoms with E-state index in [0.29, 0.717) is 23.8 Å². The molecule has 0 heterocycles. The van der Waals surface area contributed by atoms with E-state index in [2.05, 4.69) is 10.6 Å². The highest BCUT2D eigenvalue weighted by atomic mass is 35.5. The lowest BCUT2D eigenvalue weighted by Gasteiger charge is -2.11. The largest absolute Gasteiger partial charge is 0.347 e. The molecule has 1 aromatic rings. The van der Waals surface area contributed by atoms with E-state index in [9.17, 15) is 9.59 Å². The lowest BCUT2D eigenvalue weighted by atomic mass is 10.3. The lowest BCUT2D eigenvalue weighted by Crippen LogP contribution is -2.38. The molecule has 0 aliphatic carbocycles. The third-order valence-corrected chi connectivity index (χ3v) is 3.07. The number of carbonyl (C=O) groups is 2. The van der Waals surface area contributed by atoms with Crippen LogP contribution in [0.2, 0.25) is 10.0 Å². The van der Waals surface area contributed by atoms with Gasteiger partial charge in [-0.15, -0.1) is 0 Å². The zero-order valence-electron chi connectivity index (χ0n) is 10.7. The highest BCUT2D eigenvalue weighted by Crippen LogP contribution is 2.29. The highest BCUT2D eigenvalue weighted by Gasteiger charge is 2.15. The number of nitrogens with one attached hydrogen (secondary N) is 2. The topological polar surface area (TPSA) is 61.4 Å². The van der Waals surface area contributed by atoms with E-state index in [1.165, 1.54) is 0 Å².